The first-order chi connectivity index (χ1) is 8.61. The van der Waals surface area contributed by atoms with E-state index in [0.29, 0.717) is 12.0 Å². The van der Waals surface area contributed by atoms with Gasteiger partial charge in [0.15, 0.2) is 5.84 Å². The van der Waals surface area contributed by atoms with Gasteiger partial charge in [-0.05, 0) is 25.7 Å². The van der Waals surface area contributed by atoms with Crippen molar-refractivity contribution in [1.82, 2.24) is 15.2 Å². The fourth-order valence-corrected chi connectivity index (χ4v) is 2.88. The molecular weight excluding hydrogens is 228 g/mol. The Bertz CT molecular complexity index is 428. The van der Waals surface area contributed by atoms with E-state index in [9.17, 15) is 0 Å². The molecule has 0 aromatic carbocycles. The molecule has 3 N–H and O–H groups in total. The van der Waals surface area contributed by atoms with Gasteiger partial charge >= 0.3 is 0 Å². The maximum atomic E-state index is 6.55. The molecule has 0 amide bonds. The number of nitrogens with zero attached hydrogens (tertiary/aromatic N) is 4. The number of nitrogens with one attached hydrogen (secondary N) is 1. The zero-order valence-corrected chi connectivity index (χ0v) is 10.9. The third-order valence-corrected chi connectivity index (χ3v) is 4.00. The molecule has 3 rings (SSSR count). The molecule has 6 nitrogen and oxygen atoms in total. The molecule has 0 saturated carbocycles. The number of likely N-dealkylation sites (tertiary alicyclic amines) is 1. The van der Waals surface area contributed by atoms with Gasteiger partial charge in [-0.3, -0.25) is 21.1 Å². The second-order valence-corrected chi connectivity index (χ2v) is 5.44. The van der Waals surface area contributed by atoms with Gasteiger partial charge in [0, 0.05) is 25.0 Å². The lowest BCUT2D eigenvalue weighted by Crippen LogP contribution is -2.73. The molecule has 0 radical (unpaired) electrons. The van der Waals surface area contributed by atoms with Crippen molar-refractivity contribution in [2.75, 3.05) is 6.54 Å². The molecule has 0 aromatic rings. The fraction of sp³-hybridized carbons (Fsp3) is 0.667. The molecule has 3 unspecified atom stereocenters. The number of amidine groups is 1. The van der Waals surface area contributed by atoms with Crippen LogP contribution in [0.5, 0.6) is 0 Å². The topological polar surface area (TPSA) is 69.2 Å². The normalized spacial score (nSPS) is 39.5. The molecule has 0 aromatic heterocycles. The first-order valence-electron chi connectivity index (χ1n) is 6.51. The minimum Gasteiger partial charge on any atom is -0.278 e. The average molecular weight is 248 g/mol. The van der Waals surface area contributed by atoms with E-state index in [4.69, 9.17) is 5.73 Å². The second-order valence-electron chi connectivity index (χ2n) is 5.44. The van der Waals surface area contributed by atoms with E-state index in [0.717, 1.165) is 12.4 Å². The summed E-state index contributed by atoms with van der Waals surface area (Å²) in [5.74, 6) is 0.673. The molecule has 0 aliphatic carbocycles. The van der Waals surface area contributed by atoms with Crippen molar-refractivity contribution in [3.05, 3.63) is 12.4 Å². The Kier molecular flexibility index (Phi) is 2.64. The highest BCUT2D eigenvalue weighted by Gasteiger charge is 2.47. The number of fused-ring (bicyclic) bond motifs is 1. The summed E-state index contributed by atoms with van der Waals surface area (Å²) < 4.78 is 0. The highest BCUT2D eigenvalue weighted by atomic mass is 15.7. The summed E-state index contributed by atoms with van der Waals surface area (Å²) in [5, 5.41) is 4.27. The average Bonchev–Trinajstić information content (AvgIpc) is 2.72. The number of hydrogen-bond donors (Lipinski definition) is 2. The number of hydrazone groups is 1. The summed E-state index contributed by atoms with van der Waals surface area (Å²) in [6, 6.07) is 0.445. The first-order valence-corrected chi connectivity index (χ1v) is 6.51. The van der Waals surface area contributed by atoms with Crippen LogP contribution in [0.2, 0.25) is 0 Å². The molecule has 0 spiro atoms. The molecule has 1 fully saturated rings. The van der Waals surface area contributed by atoms with E-state index >= 15 is 0 Å². The predicted octanol–water partition coefficient (Wildman–Crippen LogP) is 0.451. The monoisotopic (exact) mass is 248 g/mol. The molecular formula is C12H20N6. The van der Waals surface area contributed by atoms with Gasteiger partial charge in [0.1, 0.15) is 0 Å². The lowest BCUT2D eigenvalue weighted by Gasteiger charge is -2.48. The predicted molar refractivity (Wildman–Crippen MR) is 71.5 cm³/mol. The first kappa shape index (κ1) is 11.7. The molecule has 6 heteroatoms. The lowest BCUT2D eigenvalue weighted by atomic mass is 9.94. The maximum absolute atomic E-state index is 6.55. The maximum Gasteiger partial charge on any atom is 0.247 e. The van der Waals surface area contributed by atoms with Gasteiger partial charge in [-0.15, -0.1) is 0 Å². The third kappa shape index (κ3) is 1.64. The van der Waals surface area contributed by atoms with Crippen LogP contribution in [-0.2, 0) is 0 Å². The number of nitrogens with two attached hydrogens (primary N) is 1. The molecule has 3 heterocycles. The Morgan fingerprint density at radius 3 is 3.11 bits per heavy atom. The van der Waals surface area contributed by atoms with E-state index in [1.54, 1.807) is 12.4 Å². The van der Waals surface area contributed by atoms with Crippen molar-refractivity contribution in [2.45, 2.75) is 38.6 Å². The van der Waals surface area contributed by atoms with Crippen molar-refractivity contribution in [1.29, 1.82) is 0 Å². The summed E-state index contributed by atoms with van der Waals surface area (Å²) in [5.41, 5.74) is 9.63. The van der Waals surface area contributed by atoms with E-state index in [-0.39, 0.29) is 0 Å². The summed E-state index contributed by atoms with van der Waals surface area (Å²) in [6.07, 6.45) is 7.78. The zero-order chi connectivity index (χ0) is 12.8. The summed E-state index contributed by atoms with van der Waals surface area (Å²) in [7, 11) is 0. The van der Waals surface area contributed by atoms with Crippen molar-refractivity contribution in [3.8, 4) is 0 Å². The van der Waals surface area contributed by atoms with Gasteiger partial charge in [0.05, 0.1) is 6.21 Å². The fourth-order valence-electron chi connectivity index (χ4n) is 2.88. The van der Waals surface area contributed by atoms with E-state index in [1.165, 1.54) is 12.8 Å². The van der Waals surface area contributed by atoms with Gasteiger partial charge in [-0.25, -0.2) is 4.90 Å². The van der Waals surface area contributed by atoms with Crippen LogP contribution < -0.4 is 11.2 Å². The Balaban J connectivity index is 1.87. The minimum atomic E-state index is -0.758. The molecule has 0 bridgehead atoms. The van der Waals surface area contributed by atoms with Crippen LogP contribution in [0.15, 0.2) is 22.5 Å². The van der Waals surface area contributed by atoms with Gasteiger partial charge in [-0.2, -0.15) is 5.10 Å². The van der Waals surface area contributed by atoms with E-state index < -0.39 is 5.91 Å². The van der Waals surface area contributed by atoms with Crippen molar-refractivity contribution in [3.63, 3.8) is 0 Å². The van der Waals surface area contributed by atoms with Crippen molar-refractivity contribution in [2.24, 2.45) is 21.7 Å². The van der Waals surface area contributed by atoms with Crippen LogP contribution in [0.3, 0.4) is 0 Å². The van der Waals surface area contributed by atoms with Crippen LogP contribution >= 0.6 is 0 Å². The molecule has 3 atom stereocenters. The quantitative estimate of drug-likeness (QED) is 0.707. The molecule has 1 saturated heterocycles. The van der Waals surface area contributed by atoms with Crippen LogP contribution in [-0.4, -0.2) is 40.3 Å². The largest absolute Gasteiger partial charge is 0.278 e. The van der Waals surface area contributed by atoms with Gasteiger partial charge in [-0.1, -0.05) is 6.92 Å². The van der Waals surface area contributed by atoms with Gasteiger partial charge in [0.2, 0.25) is 5.91 Å². The number of hydrogen-bond acceptors (Lipinski definition) is 6. The number of aliphatic imine (C=N–C) groups is 1. The molecule has 98 valence electrons. The van der Waals surface area contributed by atoms with Gasteiger partial charge in [0.25, 0.3) is 0 Å². The van der Waals surface area contributed by atoms with Crippen LogP contribution in [0.25, 0.3) is 0 Å². The van der Waals surface area contributed by atoms with Crippen molar-refractivity contribution < 1.29 is 0 Å². The highest BCUT2D eigenvalue weighted by Crippen LogP contribution is 2.29. The molecule has 3 aliphatic rings. The highest BCUT2D eigenvalue weighted by molar-refractivity contribution is 6.30. The third-order valence-electron chi connectivity index (χ3n) is 4.00. The van der Waals surface area contributed by atoms with Crippen molar-refractivity contribution >= 4 is 12.1 Å². The Morgan fingerprint density at radius 1 is 1.44 bits per heavy atom. The standard InChI is InChI=1S/C12H20N6/c1-9-3-4-10(2)18(8-9)12(13)16-15-11-7-14-5-6-17(11)12/h5-7,9-10,16H,3-4,8,13H2,1-2H3. The summed E-state index contributed by atoms with van der Waals surface area (Å²) in [6.45, 7) is 5.48. The smallest absolute Gasteiger partial charge is 0.247 e. The Labute approximate surface area is 107 Å². The Hall–Kier alpha value is -1.40. The summed E-state index contributed by atoms with van der Waals surface area (Å²) >= 11 is 0. The van der Waals surface area contributed by atoms with Crippen LogP contribution in [0, 0.1) is 5.92 Å². The summed E-state index contributed by atoms with van der Waals surface area (Å²) in [4.78, 5) is 8.32. The Morgan fingerprint density at radius 2 is 2.28 bits per heavy atom. The number of rotatable bonds is 1. The zero-order valence-electron chi connectivity index (χ0n) is 10.9. The van der Waals surface area contributed by atoms with E-state index in [1.807, 2.05) is 11.1 Å². The molecule has 18 heavy (non-hydrogen) atoms. The van der Waals surface area contributed by atoms with Crippen LogP contribution in [0.4, 0.5) is 0 Å². The second kappa shape index (κ2) is 4.07. The van der Waals surface area contributed by atoms with Gasteiger partial charge < -0.3 is 0 Å². The number of piperidine rings is 1. The SMILES string of the molecule is CC1CCC(C)N(C2(N)NN=C3C=NC=CN32)C1. The lowest BCUT2D eigenvalue weighted by molar-refractivity contribution is -0.0614. The van der Waals surface area contributed by atoms with E-state index in [2.05, 4.69) is 34.3 Å². The minimum absolute atomic E-state index is 0.445. The van der Waals surface area contributed by atoms with Crippen LogP contribution in [0.1, 0.15) is 26.7 Å². The molecule has 3 aliphatic heterocycles.